The first-order valence-corrected chi connectivity index (χ1v) is 10.1. The third kappa shape index (κ3) is 5.09. The third-order valence-corrected chi connectivity index (χ3v) is 6.51. The van der Waals surface area contributed by atoms with Crippen LogP contribution < -0.4 is 16.0 Å². The molecular formula is C20H33Cl2N5O. The number of pyridine rings is 1. The van der Waals surface area contributed by atoms with Crippen LogP contribution in [0.25, 0.3) is 0 Å². The average Bonchev–Trinajstić information content (AvgIpc) is 2.63. The van der Waals surface area contributed by atoms with E-state index >= 15 is 0 Å². The maximum absolute atomic E-state index is 12.9. The predicted molar refractivity (Wildman–Crippen MR) is 118 cm³/mol. The molecule has 2 saturated carbocycles. The molecule has 1 aromatic rings. The van der Waals surface area contributed by atoms with Crippen LogP contribution in [0.2, 0.25) is 0 Å². The Kier molecular flexibility index (Phi) is 8.37. The van der Waals surface area contributed by atoms with Crippen molar-refractivity contribution < 1.29 is 4.79 Å². The number of anilines is 1. The maximum Gasteiger partial charge on any atom is 0.251 e. The Morgan fingerprint density at radius 2 is 1.79 bits per heavy atom. The van der Waals surface area contributed by atoms with Crippen LogP contribution in [0.3, 0.4) is 0 Å². The summed E-state index contributed by atoms with van der Waals surface area (Å²) >= 11 is 0. The highest BCUT2D eigenvalue weighted by molar-refractivity contribution is 5.95. The van der Waals surface area contributed by atoms with Crippen LogP contribution in [0, 0.1) is 11.8 Å². The molecule has 0 radical (unpaired) electrons. The van der Waals surface area contributed by atoms with Crippen LogP contribution in [-0.4, -0.2) is 61.1 Å². The smallest absolute Gasteiger partial charge is 0.251 e. The van der Waals surface area contributed by atoms with E-state index in [1.54, 1.807) is 6.20 Å². The number of nitrogens with two attached hydrogens (primary N) is 1. The van der Waals surface area contributed by atoms with Crippen LogP contribution in [0.5, 0.6) is 0 Å². The van der Waals surface area contributed by atoms with Gasteiger partial charge in [0, 0.05) is 50.0 Å². The van der Waals surface area contributed by atoms with Gasteiger partial charge in [0.05, 0.1) is 0 Å². The molecule has 1 amide bonds. The zero-order valence-electron chi connectivity index (χ0n) is 16.5. The molecule has 1 saturated heterocycles. The second-order valence-corrected chi connectivity index (χ2v) is 8.37. The van der Waals surface area contributed by atoms with Crippen LogP contribution in [0.15, 0.2) is 18.3 Å². The molecule has 2 atom stereocenters. The summed E-state index contributed by atoms with van der Waals surface area (Å²) in [4.78, 5) is 22.0. The zero-order chi connectivity index (χ0) is 18.1. The molecule has 3 aliphatic rings. The van der Waals surface area contributed by atoms with Crippen molar-refractivity contribution in [1.29, 1.82) is 0 Å². The molecule has 3 fully saturated rings. The van der Waals surface area contributed by atoms with Crippen molar-refractivity contribution in [3.63, 3.8) is 0 Å². The van der Waals surface area contributed by atoms with Gasteiger partial charge in [0.15, 0.2) is 0 Å². The molecule has 158 valence electrons. The molecule has 0 aromatic carbocycles. The standard InChI is InChI=1S/C20H31N5O.2ClH/c1-24-7-9-25(10-8-24)18-13-16(5-6-22-18)20(26)23-19-14-3-2-4-15(19)12-17(21)11-14;;/h5-6,13-15,17,19H,2-4,7-12,21H2,1H3,(H,23,26);2*1H. The maximum atomic E-state index is 12.9. The number of halogens is 2. The number of hydrogen-bond acceptors (Lipinski definition) is 5. The lowest BCUT2D eigenvalue weighted by Gasteiger charge is -2.45. The van der Waals surface area contributed by atoms with Crippen molar-refractivity contribution in [2.75, 3.05) is 38.1 Å². The minimum absolute atomic E-state index is 0. The molecule has 8 heteroatoms. The molecular weight excluding hydrogens is 397 g/mol. The summed E-state index contributed by atoms with van der Waals surface area (Å²) in [5, 5.41) is 3.35. The molecule has 3 N–H and O–H groups in total. The van der Waals surface area contributed by atoms with Crippen LogP contribution in [0.4, 0.5) is 5.82 Å². The topological polar surface area (TPSA) is 74.5 Å². The summed E-state index contributed by atoms with van der Waals surface area (Å²) in [7, 11) is 2.14. The van der Waals surface area contributed by atoms with Gasteiger partial charge in [0.2, 0.25) is 0 Å². The van der Waals surface area contributed by atoms with E-state index in [4.69, 9.17) is 5.73 Å². The van der Waals surface area contributed by atoms with Crippen molar-refractivity contribution in [2.45, 2.75) is 44.2 Å². The lowest BCUT2D eigenvalue weighted by molar-refractivity contribution is 0.0756. The Labute approximate surface area is 180 Å². The predicted octanol–water partition coefficient (Wildman–Crippen LogP) is 2.31. The number of piperazine rings is 1. The Morgan fingerprint density at radius 1 is 1.14 bits per heavy atom. The van der Waals surface area contributed by atoms with Crippen molar-refractivity contribution in [3.8, 4) is 0 Å². The Bertz CT molecular complexity index is 639. The largest absolute Gasteiger partial charge is 0.354 e. The normalized spacial score (nSPS) is 30.0. The number of nitrogens with one attached hydrogen (secondary N) is 1. The quantitative estimate of drug-likeness (QED) is 0.770. The SMILES string of the molecule is CN1CCN(c2cc(C(=O)NC3C4CCCC3CC(N)C4)ccn2)CC1.Cl.Cl. The van der Waals surface area contributed by atoms with Gasteiger partial charge in [0.25, 0.3) is 5.91 Å². The average molecular weight is 430 g/mol. The molecule has 2 heterocycles. The van der Waals surface area contributed by atoms with Gasteiger partial charge in [0.1, 0.15) is 5.82 Å². The van der Waals surface area contributed by atoms with Crippen LogP contribution >= 0.6 is 24.8 Å². The van der Waals surface area contributed by atoms with E-state index in [-0.39, 0.29) is 36.8 Å². The van der Waals surface area contributed by atoms with Gasteiger partial charge >= 0.3 is 0 Å². The van der Waals surface area contributed by atoms with E-state index in [0.29, 0.717) is 17.9 Å². The summed E-state index contributed by atoms with van der Waals surface area (Å²) in [5.74, 6) is 2.04. The van der Waals surface area contributed by atoms with E-state index in [1.165, 1.54) is 19.3 Å². The zero-order valence-corrected chi connectivity index (χ0v) is 18.2. The van der Waals surface area contributed by atoms with Crippen molar-refractivity contribution in [1.82, 2.24) is 15.2 Å². The van der Waals surface area contributed by atoms with Crippen molar-refractivity contribution in [3.05, 3.63) is 23.9 Å². The summed E-state index contributed by atoms with van der Waals surface area (Å²) in [5.41, 5.74) is 6.94. The van der Waals surface area contributed by atoms with Gasteiger partial charge in [-0.3, -0.25) is 4.79 Å². The Hall–Kier alpha value is -1.08. The molecule has 2 unspecified atom stereocenters. The van der Waals surface area contributed by atoms with Gasteiger partial charge in [-0.1, -0.05) is 6.42 Å². The van der Waals surface area contributed by atoms with Crippen molar-refractivity contribution in [2.24, 2.45) is 17.6 Å². The number of fused-ring (bicyclic) bond motifs is 2. The summed E-state index contributed by atoms with van der Waals surface area (Å²) in [6.45, 7) is 3.98. The van der Waals surface area contributed by atoms with Gasteiger partial charge in [-0.25, -0.2) is 4.98 Å². The third-order valence-electron chi connectivity index (χ3n) is 6.51. The minimum Gasteiger partial charge on any atom is -0.354 e. The summed E-state index contributed by atoms with van der Waals surface area (Å²) in [6, 6.07) is 4.38. The van der Waals surface area contributed by atoms with E-state index in [9.17, 15) is 4.79 Å². The highest BCUT2D eigenvalue weighted by atomic mass is 35.5. The van der Waals surface area contributed by atoms with Crippen LogP contribution in [-0.2, 0) is 0 Å². The number of carbonyl (C=O) groups is 1. The van der Waals surface area contributed by atoms with Gasteiger partial charge in [-0.05, 0) is 56.7 Å². The fraction of sp³-hybridized carbons (Fsp3) is 0.700. The first-order chi connectivity index (χ1) is 12.6. The lowest BCUT2D eigenvalue weighted by atomic mass is 9.67. The molecule has 1 aliphatic heterocycles. The lowest BCUT2D eigenvalue weighted by Crippen LogP contribution is -2.53. The summed E-state index contributed by atoms with van der Waals surface area (Å²) in [6.07, 6.45) is 7.52. The van der Waals surface area contributed by atoms with E-state index in [1.807, 2.05) is 12.1 Å². The first kappa shape index (κ1) is 23.2. The van der Waals surface area contributed by atoms with Crippen molar-refractivity contribution >= 4 is 36.5 Å². The number of aromatic nitrogens is 1. The highest BCUT2D eigenvalue weighted by Gasteiger charge is 2.40. The molecule has 28 heavy (non-hydrogen) atoms. The molecule has 1 aromatic heterocycles. The fourth-order valence-corrected chi connectivity index (χ4v) is 5.03. The van der Waals surface area contributed by atoms with E-state index < -0.39 is 0 Å². The van der Waals surface area contributed by atoms with E-state index in [0.717, 1.165) is 50.4 Å². The number of rotatable bonds is 3. The monoisotopic (exact) mass is 429 g/mol. The first-order valence-electron chi connectivity index (χ1n) is 10.1. The number of carbonyl (C=O) groups excluding carboxylic acids is 1. The summed E-state index contributed by atoms with van der Waals surface area (Å²) < 4.78 is 0. The van der Waals surface area contributed by atoms with Gasteiger partial charge < -0.3 is 20.9 Å². The molecule has 2 bridgehead atoms. The van der Waals surface area contributed by atoms with Gasteiger partial charge in [-0.2, -0.15) is 0 Å². The molecule has 6 nitrogen and oxygen atoms in total. The second kappa shape index (κ2) is 10.1. The second-order valence-electron chi connectivity index (χ2n) is 8.37. The Morgan fingerprint density at radius 3 is 2.43 bits per heavy atom. The fourth-order valence-electron chi connectivity index (χ4n) is 5.03. The number of likely N-dealkylation sites (N-methyl/N-ethyl adjacent to an activating group) is 1. The minimum atomic E-state index is 0. The molecule has 2 aliphatic carbocycles. The van der Waals surface area contributed by atoms with Crippen LogP contribution in [0.1, 0.15) is 42.5 Å². The molecule has 4 rings (SSSR count). The van der Waals surface area contributed by atoms with Gasteiger partial charge in [-0.15, -0.1) is 24.8 Å². The number of hydrogen-bond donors (Lipinski definition) is 2. The van der Waals surface area contributed by atoms with E-state index in [2.05, 4.69) is 27.1 Å². The number of nitrogens with zero attached hydrogens (tertiary/aromatic N) is 3. The number of amides is 1. The Balaban J connectivity index is 0.00000140. The molecule has 0 spiro atoms. The highest BCUT2D eigenvalue weighted by Crippen LogP contribution is 2.39.